The average Bonchev–Trinajstić information content (AvgIpc) is 2.33. The number of fused-ring (bicyclic) bond motifs is 3. The molecule has 0 saturated carbocycles. The van der Waals surface area contributed by atoms with Crippen LogP contribution in [0.1, 0.15) is 16.7 Å². The summed E-state index contributed by atoms with van der Waals surface area (Å²) in [6.07, 6.45) is 0. The van der Waals surface area contributed by atoms with E-state index in [1.54, 1.807) is 0 Å². The molecule has 0 saturated heterocycles. The third kappa shape index (κ3) is 1.75. The van der Waals surface area contributed by atoms with Gasteiger partial charge in [-0.15, -0.1) is 0 Å². The second-order valence-corrected chi connectivity index (χ2v) is 5.72. The van der Waals surface area contributed by atoms with Gasteiger partial charge in [0.25, 0.3) is 0 Å². The van der Waals surface area contributed by atoms with E-state index in [0.29, 0.717) is 6.61 Å². The summed E-state index contributed by atoms with van der Waals surface area (Å²) in [4.78, 5) is 0. The van der Waals surface area contributed by atoms with Crippen LogP contribution in [0, 0.1) is 17.4 Å². The van der Waals surface area contributed by atoms with Crippen LogP contribution in [0.15, 0.2) is 30.3 Å². The van der Waals surface area contributed by atoms with E-state index in [9.17, 15) is 0 Å². The van der Waals surface area contributed by atoms with E-state index >= 15 is 0 Å². The lowest BCUT2D eigenvalue weighted by atomic mass is 9.93. The molecule has 86 valence electrons. The number of aryl methyl sites for hydroxylation is 1. The number of ether oxygens (including phenoxy) is 1. The molecule has 0 aromatic heterocycles. The number of halogens is 1. The van der Waals surface area contributed by atoms with E-state index in [-0.39, 0.29) is 0 Å². The molecule has 0 spiro atoms. The van der Waals surface area contributed by atoms with Gasteiger partial charge in [0.15, 0.2) is 0 Å². The van der Waals surface area contributed by atoms with E-state index in [1.165, 1.54) is 31.4 Å². The predicted octanol–water partition coefficient (Wildman–Crippen LogP) is 4.47. The third-order valence-corrected chi connectivity index (χ3v) is 4.08. The second-order valence-electron chi connectivity index (χ2n) is 4.47. The van der Waals surface area contributed by atoms with Gasteiger partial charge >= 0.3 is 0 Å². The van der Waals surface area contributed by atoms with Gasteiger partial charge in [-0.25, -0.2) is 0 Å². The highest BCUT2D eigenvalue weighted by Gasteiger charge is 2.19. The maximum Gasteiger partial charge on any atom is 0.130 e. The number of hydrogen-bond donors (Lipinski definition) is 0. The summed E-state index contributed by atoms with van der Waals surface area (Å²) in [5, 5.41) is 0. The number of rotatable bonds is 0. The third-order valence-electron chi connectivity index (χ3n) is 3.41. The first-order valence-corrected chi connectivity index (χ1v) is 6.76. The summed E-state index contributed by atoms with van der Waals surface area (Å²) in [6.45, 7) is 4.94. The van der Waals surface area contributed by atoms with Crippen molar-refractivity contribution in [1.29, 1.82) is 0 Å². The average molecular weight is 336 g/mol. The summed E-state index contributed by atoms with van der Waals surface area (Å²) in [6, 6.07) is 10.9. The Morgan fingerprint density at radius 2 is 1.82 bits per heavy atom. The molecule has 2 aromatic rings. The Kier molecular flexibility index (Phi) is 2.62. The molecule has 17 heavy (non-hydrogen) atoms. The summed E-state index contributed by atoms with van der Waals surface area (Å²) in [5.41, 5.74) is 6.37. The van der Waals surface area contributed by atoms with Crippen LogP contribution in [0.2, 0.25) is 0 Å². The lowest BCUT2D eigenvalue weighted by Crippen LogP contribution is -2.07. The van der Waals surface area contributed by atoms with Crippen LogP contribution in [-0.2, 0) is 6.61 Å². The second kappa shape index (κ2) is 4.02. The Hall–Kier alpha value is -1.03. The van der Waals surface area contributed by atoms with Gasteiger partial charge < -0.3 is 4.74 Å². The molecule has 0 unspecified atom stereocenters. The van der Waals surface area contributed by atoms with E-state index in [2.05, 4.69) is 66.8 Å². The molecule has 0 N–H and O–H groups in total. The summed E-state index contributed by atoms with van der Waals surface area (Å²) in [5.74, 6) is 1.05. The molecule has 3 rings (SSSR count). The van der Waals surface area contributed by atoms with E-state index in [4.69, 9.17) is 4.74 Å². The first-order chi connectivity index (χ1) is 8.16. The molecule has 0 aliphatic carbocycles. The molecule has 0 amide bonds. The first kappa shape index (κ1) is 11.1. The molecule has 1 aliphatic heterocycles. The summed E-state index contributed by atoms with van der Waals surface area (Å²) < 4.78 is 7.17. The van der Waals surface area contributed by atoms with Crippen LogP contribution < -0.4 is 4.74 Å². The molecule has 1 heterocycles. The van der Waals surface area contributed by atoms with Crippen molar-refractivity contribution in [3.8, 4) is 16.9 Å². The van der Waals surface area contributed by atoms with Gasteiger partial charge in [-0.05, 0) is 70.8 Å². The van der Waals surface area contributed by atoms with Gasteiger partial charge in [-0.3, -0.25) is 0 Å². The largest absolute Gasteiger partial charge is 0.488 e. The van der Waals surface area contributed by atoms with Gasteiger partial charge in [0.2, 0.25) is 0 Å². The number of benzene rings is 2. The fourth-order valence-corrected chi connectivity index (χ4v) is 2.84. The van der Waals surface area contributed by atoms with Crippen molar-refractivity contribution >= 4 is 22.6 Å². The van der Waals surface area contributed by atoms with Crippen molar-refractivity contribution in [3.63, 3.8) is 0 Å². The fraction of sp³-hybridized carbons (Fsp3) is 0.200. The van der Waals surface area contributed by atoms with Gasteiger partial charge in [0, 0.05) is 9.13 Å². The fourth-order valence-electron chi connectivity index (χ4n) is 2.28. The Morgan fingerprint density at radius 3 is 2.65 bits per heavy atom. The van der Waals surface area contributed by atoms with Gasteiger partial charge in [-0.1, -0.05) is 18.2 Å². The molecule has 0 atom stereocenters. The maximum absolute atomic E-state index is 5.91. The Labute approximate surface area is 115 Å². The molecular formula is C15H13IO. The monoisotopic (exact) mass is 336 g/mol. The summed E-state index contributed by atoms with van der Waals surface area (Å²) >= 11 is 2.34. The van der Waals surface area contributed by atoms with Crippen molar-refractivity contribution in [2.24, 2.45) is 0 Å². The van der Waals surface area contributed by atoms with Crippen molar-refractivity contribution in [1.82, 2.24) is 0 Å². The molecule has 0 fully saturated rings. The molecule has 0 radical (unpaired) electrons. The van der Waals surface area contributed by atoms with Gasteiger partial charge in [0.1, 0.15) is 12.4 Å². The van der Waals surface area contributed by atoms with Crippen LogP contribution >= 0.6 is 22.6 Å². The Balaban J connectivity index is 2.27. The molecule has 2 aromatic carbocycles. The minimum absolute atomic E-state index is 0.684. The smallest absolute Gasteiger partial charge is 0.130 e. The van der Waals surface area contributed by atoms with E-state index < -0.39 is 0 Å². The Bertz CT molecular complexity index is 602. The normalized spacial score (nSPS) is 12.6. The van der Waals surface area contributed by atoms with Crippen LogP contribution in [-0.4, -0.2) is 0 Å². The lowest BCUT2D eigenvalue weighted by Gasteiger charge is -2.23. The van der Waals surface area contributed by atoms with Gasteiger partial charge in [-0.2, -0.15) is 0 Å². The van der Waals surface area contributed by atoms with Crippen molar-refractivity contribution in [2.75, 3.05) is 0 Å². The lowest BCUT2D eigenvalue weighted by molar-refractivity contribution is 0.300. The van der Waals surface area contributed by atoms with Gasteiger partial charge in [0.05, 0.1) is 0 Å². The minimum atomic E-state index is 0.684. The molecule has 2 heteroatoms. The van der Waals surface area contributed by atoms with Crippen LogP contribution in [0.25, 0.3) is 11.1 Å². The van der Waals surface area contributed by atoms with Crippen molar-refractivity contribution in [3.05, 3.63) is 50.6 Å². The van der Waals surface area contributed by atoms with E-state index in [0.717, 1.165) is 5.75 Å². The standard InChI is InChI=1S/C15H13IO/c1-9-3-5-14-13-6-4-12(16)7-11(13)8-17-15(14)10(9)2/h3-7H,8H2,1-2H3. The van der Waals surface area contributed by atoms with Crippen molar-refractivity contribution < 1.29 is 4.74 Å². The SMILES string of the molecule is Cc1ccc2c(c1C)OCc1cc(I)ccc1-2. The maximum atomic E-state index is 5.91. The minimum Gasteiger partial charge on any atom is -0.488 e. The molecule has 0 bridgehead atoms. The highest BCUT2D eigenvalue weighted by molar-refractivity contribution is 14.1. The topological polar surface area (TPSA) is 9.23 Å². The molecular weight excluding hydrogens is 323 g/mol. The zero-order chi connectivity index (χ0) is 12.0. The highest BCUT2D eigenvalue weighted by atomic mass is 127. The van der Waals surface area contributed by atoms with E-state index in [1.807, 2.05) is 0 Å². The number of hydrogen-bond acceptors (Lipinski definition) is 1. The predicted molar refractivity (Wildman–Crippen MR) is 78.4 cm³/mol. The highest BCUT2D eigenvalue weighted by Crippen LogP contribution is 2.40. The zero-order valence-corrected chi connectivity index (χ0v) is 12.0. The molecule has 1 aliphatic rings. The van der Waals surface area contributed by atoms with Crippen LogP contribution in [0.4, 0.5) is 0 Å². The molecule has 1 nitrogen and oxygen atoms in total. The quantitative estimate of drug-likeness (QED) is 0.645. The van der Waals surface area contributed by atoms with Crippen LogP contribution in [0.5, 0.6) is 5.75 Å². The Morgan fingerprint density at radius 1 is 1.06 bits per heavy atom. The zero-order valence-electron chi connectivity index (χ0n) is 9.88. The van der Waals surface area contributed by atoms with Crippen molar-refractivity contribution in [2.45, 2.75) is 20.5 Å². The van der Waals surface area contributed by atoms with Crippen LogP contribution in [0.3, 0.4) is 0 Å². The first-order valence-electron chi connectivity index (χ1n) is 5.68. The summed E-state index contributed by atoms with van der Waals surface area (Å²) in [7, 11) is 0.